The minimum Gasteiger partial charge on any atom is -0.398 e. The molecule has 21 heavy (non-hydrogen) atoms. The molecular formula is C17H17ClN2O. The maximum Gasteiger partial charge on any atom is 0.255 e. The molecule has 3 nitrogen and oxygen atoms in total. The largest absolute Gasteiger partial charge is 0.398 e. The molecule has 1 aliphatic rings. The summed E-state index contributed by atoms with van der Waals surface area (Å²) < 4.78 is 0. The zero-order chi connectivity index (χ0) is 15.0. The van der Waals surface area contributed by atoms with Gasteiger partial charge in [0.05, 0.1) is 10.6 Å². The van der Waals surface area contributed by atoms with Crippen molar-refractivity contribution in [1.29, 1.82) is 0 Å². The summed E-state index contributed by atoms with van der Waals surface area (Å²) in [5.74, 6) is -0.0334. The fourth-order valence-corrected chi connectivity index (χ4v) is 3.06. The Morgan fingerprint density at radius 2 is 2.10 bits per heavy atom. The maximum absolute atomic E-state index is 12.7. The van der Waals surface area contributed by atoms with E-state index in [1.54, 1.807) is 6.07 Å². The fourth-order valence-electron chi connectivity index (χ4n) is 2.74. The number of benzene rings is 2. The highest BCUT2D eigenvalue weighted by Gasteiger charge is 2.24. The Kier molecular flexibility index (Phi) is 3.60. The molecular weight excluding hydrogens is 284 g/mol. The standard InChI is InChI=1S/C17H17ClN2O/c1-11-5-6-13(15(18)9-11)17(21)20-8-7-12-3-2-4-16(19)14(12)10-20/h2-6,9H,7-8,10,19H2,1H3. The van der Waals surface area contributed by atoms with E-state index in [1.807, 2.05) is 36.1 Å². The number of fused-ring (bicyclic) bond motifs is 1. The number of anilines is 1. The third kappa shape index (κ3) is 2.61. The number of hydrogen-bond donors (Lipinski definition) is 1. The number of aryl methyl sites for hydroxylation is 1. The van der Waals surface area contributed by atoms with Crippen LogP contribution in [0.2, 0.25) is 5.02 Å². The minimum atomic E-state index is -0.0334. The molecule has 0 bridgehead atoms. The van der Waals surface area contributed by atoms with Crippen LogP contribution in [0.1, 0.15) is 27.0 Å². The van der Waals surface area contributed by atoms with E-state index in [2.05, 4.69) is 6.07 Å². The van der Waals surface area contributed by atoms with Gasteiger partial charge in [0.1, 0.15) is 0 Å². The Bertz CT molecular complexity index is 712. The van der Waals surface area contributed by atoms with E-state index in [0.29, 0.717) is 23.7 Å². The molecule has 0 radical (unpaired) electrons. The van der Waals surface area contributed by atoms with E-state index in [-0.39, 0.29) is 5.91 Å². The van der Waals surface area contributed by atoms with Crippen molar-refractivity contribution in [2.75, 3.05) is 12.3 Å². The Morgan fingerprint density at radius 1 is 1.29 bits per heavy atom. The van der Waals surface area contributed by atoms with Gasteiger partial charge < -0.3 is 10.6 Å². The molecule has 0 saturated carbocycles. The first-order valence-corrected chi connectivity index (χ1v) is 7.35. The number of amides is 1. The highest BCUT2D eigenvalue weighted by atomic mass is 35.5. The average molecular weight is 301 g/mol. The molecule has 0 fully saturated rings. The molecule has 2 aromatic rings. The van der Waals surface area contributed by atoms with Crippen molar-refractivity contribution in [3.8, 4) is 0 Å². The van der Waals surface area contributed by atoms with Gasteiger partial charge in [0, 0.05) is 18.8 Å². The lowest BCUT2D eigenvalue weighted by molar-refractivity contribution is 0.0735. The SMILES string of the molecule is Cc1ccc(C(=O)N2CCc3cccc(N)c3C2)c(Cl)c1. The summed E-state index contributed by atoms with van der Waals surface area (Å²) in [5, 5.41) is 0.506. The van der Waals surface area contributed by atoms with Crippen LogP contribution in [0, 0.1) is 6.92 Å². The zero-order valence-electron chi connectivity index (χ0n) is 11.9. The summed E-state index contributed by atoms with van der Waals surface area (Å²) >= 11 is 6.20. The number of hydrogen-bond acceptors (Lipinski definition) is 2. The van der Waals surface area contributed by atoms with Gasteiger partial charge in [0.2, 0.25) is 0 Å². The van der Waals surface area contributed by atoms with Crippen LogP contribution in [0.4, 0.5) is 5.69 Å². The number of nitrogen functional groups attached to an aromatic ring is 1. The predicted molar refractivity (Wildman–Crippen MR) is 85.5 cm³/mol. The van der Waals surface area contributed by atoms with Crippen molar-refractivity contribution >= 4 is 23.2 Å². The molecule has 0 atom stereocenters. The van der Waals surface area contributed by atoms with E-state index in [9.17, 15) is 4.79 Å². The Labute approximate surface area is 129 Å². The van der Waals surface area contributed by atoms with Crippen molar-refractivity contribution < 1.29 is 4.79 Å². The molecule has 2 aromatic carbocycles. The number of halogens is 1. The quantitative estimate of drug-likeness (QED) is 0.820. The maximum atomic E-state index is 12.7. The second-order valence-corrected chi connectivity index (χ2v) is 5.85. The second kappa shape index (κ2) is 5.41. The first kappa shape index (κ1) is 14.0. The summed E-state index contributed by atoms with van der Waals surface area (Å²) in [7, 11) is 0. The summed E-state index contributed by atoms with van der Waals surface area (Å²) in [5.41, 5.74) is 10.7. The summed E-state index contributed by atoms with van der Waals surface area (Å²) in [6.45, 7) is 3.20. The molecule has 2 N–H and O–H groups in total. The Balaban J connectivity index is 1.89. The molecule has 1 aliphatic heterocycles. The monoisotopic (exact) mass is 300 g/mol. The van der Waals surface area contributed by atoms with Gasteiger partial charge in [-0.1, -0.05) is 29.8 Å². The molecule has 0 saturated heterocycles. The number of nitrogens with zero attached hydrogens (tertiary/aromatic N) is 1. The van der Waals surface area contributed by atoms with Gasteiger partial charge in [-0.3, -0.25) is 4.79 Å². The van der Waals surface area contributed by atoms with Crippen molar-refractivity contribution in [2.45, 2.75) is 19.9 Å². The van der Waals surface area contributed by atoms with Gasteiger partial charge in [-0.05, 0) is 48.2 Å². The zero-order valence-corrected chi connectivity index (χ0v) is 12.7. The molecule has 108 valence electrons. The lowest BCUT2D eigenvalue weighted by Gasteiger charge is -2.30. The van der Waals surface area contributed by atoms with Crippen LogP contribution in [0.5, 0.6) is 0 Å². The molecule has 0 unspecified atom stereocenters. The van der Waals surface area contributed by atoms with Crippen LogP contribution in [0.25, 0.3) is 0 Å². The first-order valence-electron chi connectivity index (χ1n) is 6.98. The number of rotatable bonds is 1. The highest BCUT2D eigenvalue weighted by molar-refractivity contribution is 6.33. The van der Waals surface area contributed by atoms with E-state index >= 15 is 0 Å². The second-order valence-electron chi connectivity index (χ2n) is 5.44. The predicted octanol–water partition coefficient (Wildman–Crippen LogP) is 3.43. The van der Waals surface area contributed by atoms with Crippen molar-refractivity contribution in [3.63, 3.8) is 0 Å². The van der Waals surface area contributed by atoms with Crippen LogP contribution >= 0.6 is 11.6 Å². The molecule has 0 spiro atoms. The van der Waals surface area contributed by atoms with Crippen LogP contribution < -0.4 is 5.73 Å². The van der Waals surface area contributed by atoms with Crippen molar-refractivity contribution in [1.82, 2.24) is 4.90 Å². The summed E-state index contributed by atoms with van der Waals surface area (Å²) in [4.78, 5) is 14.5. The van der Waals surface area contributed by atoms with Crippen LogP contribution in [0.3, 0.4) is 0 Å². The molecule has 1 heterocycles. The summed E-state index contributed by atoms with van der Waals surface area (Å²) in [6, 6.07) is 11.4. The van der Waals surface area contributed by atoms with Crippen molar-refractivity contribution in [3.05, 3.63) is 63.7 Å². The summed E-state index contributed by atoms with van der Waals surface area (Å²) in [6.07, 6.45) is 0.829. The average Bonchev–Trinajstić information content (AvgIpc) is 2.47. The smallest absolute Gasteiger partial charge is 0.255 e. The third-order valence-corrected chi connectivity index (χ3v) is 4.26. The number of nitrogens with two attached hydrogens (primary N) is 1. The van der Waals surface area contributed by atoms with E-state index < -0.39 is 0 Å². The minimum absolute atomic E-state index is 0.0334. The van der Waals surface area contributed by atoms with Crippen LogP contribution in [0.15, 0.2) is 36.4 Å². The van der Waals surface area contributed by atoms with Gasteiger partial charge in [0.25, 0.3) is 5.91 Å². The number of carbonyl (C=O) groups excluding carboxylic acids is 1. The van der Waals surface area contributed by atoms with Crippen LogP contribution in [-0.2, 0) is 13.0 Å². The lowest BCUT2D eigenvalue weighted by atomic mass is 9.97. The van der Waals surface area contributed by atoms with E-state index in [0.717, 1.165) is 23.2 Å². The molecule has 0 aliphatic carbocycles. The van der Waals surface area contributed by atoms with Gasteiger partial charge >= 0.3 is 0 Å². The van der Waals surface area contributed by atoms with E-state index in [1.165, 1.54) is 5.56 Å². The number of carbonyl (C=O) groups is 1. The van der Waals surface area contributed by atoms with Gasteiger partial charge in [0.15, 0.2) is 0 Å². The van der Waals surface area contributed by atoms with E-state index in [4.69, 9.17) is 17.3 Å². The normalized spacial score (nSPS) is 13.9. The third-order valence-electron chi connectivity index (χ3n) is 3.95. The molecule has 4 heteroatoms. The van der Waals surface area contributed by atoms with Gasteiger partial charge in [-0.2, -0.15) is 0 Å². The Morgan fingerprint density at radius 3 is 2.86 bits per heavy atom. The van der Waals surface area contributed by atoms with Crippen molar-refractivity contribution in [2.24, 2.45) is 0 Å². The molecule has 0 aromatic heterocycles. The van der Waals surface area contributed by atoms with Crippen LogP contribution in [-0.4, -0.2) is 17.4 Å². The highest BCUT2D eigenvalue weighted by Crippen LogP contribution is 2.27. The molecule has 1 amide bonds. The molecule has 3 rings (SSSR count). The van der Waals surface area contributed by atoms with Gasteiger partial charge in [-0.15, -0.1) is 0 Å². The lowest BCUT2D eigenvalue weighted by Crippen LogP contribution is -2.36. The fraction of sp³-hybridized carbons (Fsp3) is 0.235. The Hall–Kier alpha value is -2.00. The topological polar surface area (TPSA) is 46.3 Å². The van der Waals surface area contributed by atoms with Gasteiger partial charge in [-0.25, -0.2) is 0 Å². The first-order chi connectivity index (χ1) is 10.1.